The Labute approximate surface area is 199 Å². The van der Waals surface area contributed by atoms with Gasteiger partial charge >= 0.3 is 5.97 Å². The molecule has 8 heteroatoms. The second kappa shape index (κ2) is 9.15. The third-order valence-corrected chi connectivity index (χ3v) is 6.51. The Kier molecular flexibility index (Phi) is 5.90. The molecular formula is C26H22N2O5S. The number of esters is 1. The number of hydrogen-bond donors (Lipinski definition) is 0. The molecule has 3 aromatic rings. The molecule has 0 saturated heterocycles. The maximum absolute atomic E-state index is 13.5. The van der Waals surface area contributed by atoms with Gasteiger partial charge in [0.15, 0.2) is 16.3 Å². The molecule has 1 atom stereocenters. The number of nitrogens with zero attached hydrogens (tertiary/aromatic N) is 2. The van der Waals surface area contributed by atoms with E-state index in [0.717, 1.165) is 11.1 Å². The van der Waals surface area contributed by atoms with E-state index in [0.29, 0.717) is 32.1 Å². The number of aromatic nitrogens is 1. The number of hydrogen-bond acceptors (Lipinski definition) is 7. The van der Waals surface area contributed by atoms with Gasteiger partial charge in [0, 0.05) is 0 Å². The minimum Gasteiger partial charge on any atom is -0.463 e. The van der Waals surface area contributed by atoms with Gasteiger partial charge in [0.05, 0.1) is 28.5 Å². The molecule has 1 unspecified atom stereocenters. The predicted octanol–water partition coefficient (Wildman–Crippen LogP) is 3.19. The maximum Gasteiger partial charge on any atom is 0.338 e. The average molecular weight is 475 g/mol. The minimum absolute atomic E-state index is 0.185. The fourth-order valence-corrected chi connectivity index (χ4v) is 4.99. The molecule has 2 aromatic carbocycles. The quantitative estimate of drug-likeness (QED) is 0.531. The normalized spacial score (nSPS) is 17.1. The molecule has 0 saturated carbocycles. The lowest BCUT2D eigenvalue weighted by atomic mass is 10.0. The van der Waals surface area contributed by atoms with Gasteiger partial charge in [0.2, 0.25) is 6.79 Å². The molecule has 2 aliphatic rings. The number of carbonyl (C=O) groups is 1. The van der Waals surface area contributed by atoms with Gasteiger partial charge in [-0.25, -0.2) is 9.79 Å². The predicted molar refractivity (Wildman–Crippen MR) is 129 cm³/mol. The Balaban J connectivity index is 1.63. The SMILES string of the molecule is CCOC(=O)C1=C(C)N=c2s/c(=C/c3ccc4c(c3)OCO4)c(=O)n2C1/C=C/c1ccccc1. The highest BCUT2D eigenvalue weighted by molar-refractivity contribution is 7.07. The van der Waals surface area contributed by atoms with E-state index in [2.05, 4.69) is 4.99 Å². The number of fused-ring (bicyclic) bond motifs is 2. The van der Waals surface area contributed by atoms with Crippen LogP contribution in [0.4, 0.5) is 0 Å². The van der Waals surface area contributed by atoms with Crippen molar-refractivity contribution in [1.29, 1.82) is 0 Å². The van der Waals surface area contributed by atoms with Crippen LogP contribution in [-0.2, 0) is 9.53 Å². The molecular weight excluding hydrogens is 452 g/mol. The second-order valence-electron chi connectivity index (χ2n) is 7.73. The van der Waals surface area contributed by atoms with Crippen molar-refractivity contribution in [2.75, 3.05) is 13.4 Å². The summed E-state index contributed by atoms with van der Waals surface area (Å²) in [5.41, 5.74) is 2.45. The summed E-state index contributed by atoms with van der Waals surface area (Å²) in [4.78, 5) is 31.5. The van der Waals surface area contributed by atoms with Crippen LogP contribution in [0.2, 0.25) is 0 Å². The van der Waals surface area contributed by atoms with Crippen LogP contribution in [0.25, 0.3) is 12.2 Å². The van der Waals surface area contributed by atoms with Crippen LogP contribution in [0.15, 0.2) is 75.7 Å². The Morgan fingerprint density at radius 1 is 1.18 bits per heavy atom. The molecule has 0 spiro atoms. The smallest absolute Gasteiger partial charge is 0.338 e. The highest BCUT2D eigenvalue weighted by Crippen LogP contribution is 2.32. The van der Waals surface area contributed by atoms with Crippen LogP contribution >= 0.6 is 11.3 Å². The third kappa shape index (κ3) is 4.08. The summed E-state index contributed by atoms with van der Waals surface area (Å²) >= 11 is 1.28. The van der Waals surface area contributed by atoms with Crippen LogP contribution in [-0.4, -0.2) is 23.9 Å². The monoisotopic (exact) mass is 474 g/mol. The van der Waals surface area contributed by atoms with Crippen molar-refractivity contribution in [2.45, 2.75) is 19.9 Å². The van der Waals surface area contributed by atoms with E-state index >= 15 is 0 Å². The fourth-order valence-electron chi connectivity index (χ4n) is 3.94. The van der Waals surface area contributed by atoms with E-state index in [1.54, 1.807) is 24.5 Å². The van der Waals surface area contributed by atoms with Gasteiger partial charge in [0.1, 0.15) is 0 Å². The van der Waals surface area contributed by atoms with Crippen molar-refractivity contribution in [2.24, 2.45) is 4.99 Å². The Morgan fingerprint density at radius 3 is 2.76 bits per heavy atom. The minimum atomic E-state index is -0.630. The largest absolute Gasteiger partial charge is 0.463 e. The second-order valence-corrected chi connectivity index (χ2v) is 8.74. The molecule has 7 nitrogen and oxygen atoms in total. The summed E-state index contributed by atoms with van der Waals surface area (Å²) in [6, 6.07) is 14.6. The van der Waals surface area contributed by atoms with Gasteiger partial charge in [0.25, 0.3) is 5.56 Å². The number of thiazole rings is 1. The average Bonchev–Trinajstić information content (AvgIpc) is 3.42. The molecule has 34 heavy (non-hydrogen) atoms. The fraction of sp³-hybridized carbons (Fsp3) is 0.192. The van der Waals surface area contributed by atoms with Crippen LogP contribution < -0.4 is 24.4 Å². The number of benzene rings is 2. The number of carbonyl (C=O) groups excluding carboxylic acids is 1. The molecule has 0 fully saturated rings. The van der Waals surface area contributed by atoms with Crippen molar-refractivity contribution in [3.8, 4) is 11.5 Å². The van der Waals surface area contributed by atoms with Gasteiger partial charge in [-0.15, -0.1) is 0 Å². The van der Waals surface area contributed by atoms with Gasteiger partial charge in [-0.2, -0.15) is 0 Å². The first kappa shape index (κ1) is 21.9. The van der Waals surface area contributed by atoms with E-state index < -0.39 is 12.0 Å². The Morgan fingerprint density at radius 2 is 1.97 bits per heavy atom. The highest BCUT2D eigenvalue weighted by atomic mass is 32.1. The Hall–Kier alpha value is -3.91. The first-order valence-corrected chi connectivity index (χ1v) is 11.7. The van der Waals surface area contributed by atoms with Crippen LogP contribution in [0.3, 0.4) is 0 Å². The molecule has 2 aliphatic heterocycles. The lowest BCUT2D eigenvalue weighted by Crippen LogP contribution is -2.38. The first-order valence-electron chi connectivity index (χ1n) is 10.9. The van der Waals surface area contributed by atoms with Crippen molar-refractivity contribution in [3.05, 3.63) is 96.7 Å². The van der Waals surface area contributed by atoms with Gasteiger partial charge in [-0.3, -0.25) is 9.36 Å². The molecule has 1 aromatic heterocycles. The van der Waals surface area contributed by atoms with Crippen molar-refractivity contribution < 1.29 is 19.0 Å². The van der Waals surface area contributed by atoms with Crippen molar-refractivity contribution >= 4 is 29.5 Å². The topological polar surface area (TPSA) is 79.1 Å². The zero-order valence-electron chi connectivity index (χ0n) is 18.7. The summed E-state index contributed by atoms with van der Waals surface area (Å²) in [5, 5.41) is 0. The third-order valence-electron chi connectivity index (χ3n) is 5.52. The lowest BCUT2D eigenvalue weighted by Gasteiger charge is -2.21. The van der Waals surface area contributed by atoms with E-state index in [-0.39, 0.29) is 19.0 Å². The summed E-state index contributed by atoms with van der Waals surface area (Å²) in [6.07, 6.45) is 5.55. The summed E-state index contributed by atoms with van der Waals surface area (Å²) in [5.74, 6) is 0.849. The summed E-state index contributed by atoms with van der Waals surface area (Å²) < 4.78 is 18.2. The van der Waals surface area contributed by atoms with E-state index in [4.69, 9.17) is 14.2 Å². The summed E-state index contributed by atoms with van der Waals surface area (Å²) in [7, 11) is 0. The highest BCUT2D eigenvalue weighted by Gasteiger charge is 2.30. The van der Waals surface area contributed by atoms with E-state index in [1.165, 1.54) is 11.3 Å². The van der Waals surface area contributed by atoms with Gasteiger partial charge in [-0.05, 0) is 43.2 Å². The number of ether oxygens (including phenoxy) is 3. The molecule has 0 bridgehead atoms. The standard InChI is InChI=1S/C26H22N2O5S/c1-3-31-25(30)23-16(2)27-26-28(19(23)11-9-17-7-5-4-6-8-17)24(29)22(34-26)14-18-10-12-20-21(13-18)33-15-32-20/h4-14,19H,3,15H2,1-2H3/b11-9+,22-14+. The number of allylic oxidation sites excluding steroid dienone is 2. The van der Waals surface area contributed by atoms with Crippen LogP contribution in [0.1, 0.15) is 31.0 Å². The van der Waals surface area contributed by atoms with Crippen molar-refractivity contribution in [3.63, 3.8) is 0 Å². The summed E-state index contributed by atoms with van der Waals surface area (Å²) in [6.45, 7) is 3.94. The van der Waals surface area contributed by atoms with Crippen LogP contribution in [0, 0.1) is 0 Å². The molecule has 0 amide bonds. The zero-order valence-corrected chi connectivity index (χ0v) is 19.5. The lowest BCUT2D eigenvalue weighted by molar-refractivity contribution is -0.139. The van der Waals surface area contributed by atoms with E-state index in [1.807, 2.05) is 60.7 Å². The van der Waals surface area contributed by atoms with Crippen LogP contribution in [0.5, 0.6) is 11.5 Å². The molecule has 0 N–H and O–H groups in total. The molecule has 0 aliphatic carbocycles. The molecule has 3 heterocycles. The zero-order chi connectivity index (χ0) is 23.7. The van der Waals surface area contributed by atoms with Crippen molar-refractivity contribution in [1.82, 2.24) is 4.57 Å². The molecule has 5 rings (SSSR count). The Bertz CT molecular complexity index is 1500. The molecule has 172 valence electrons. The van der Waals surface area contributed by atoms with E-state index in [9.17, 15) is 9.59 Å². The van der Waals surface area contributed by atoms with Gasteiger partial charge in [-0.1, -0.05) is 59.9 Å². The maximum atomic E-state index is 13.5. The van der Waals surface area contributed by atoms with Gasteiger partial charge < -0.3 is 14.2 Å². The number of rotatable bonds is 5. The first-order chi connectivity index (χ1) is 16.5. The molecule has 0 radical (unpaired) electrons.